The van der Waals surface area contributed by atoms with Crippen LogP contribution in [0.4, 0.5) is 0 Å². The fourth-order valence-corrected chi connectivity index (χ4v) is 4.30. The third-order valence-corrected chi connectivity index (χ3v) is 6.28. The molecular formula is C22H38. The van der Waals surface area contributed by atoms with Crippen LogP contribution in [0.1, 0.15) is 91.9 Å². The summed E-state index contributed by atoms with van der Waals surface area (Å²) in [6.07, 6.45) is 13.9. The smallest absolute Gasteiger partial charge is 0.0203 e. The third-order valence-electron chi connectivity index (χ3n) is 6.28. The van der Waals surface area contributed by atoms with Crippen molar-refractivity contribution in [3.8, 4) is 11.8 Å². The van der Waals surface area contributed by atoms with E-state index in [-0.39, 0.29) is 0 Å². The van der Waals surface area contributed by atoms with Gasteiger partial charge < -0.3 is 0 Å². The van der Waals surface area contributed by atoms with Crippen molar-refractivity contribution >= 4 is 0 Å². The normalized spacial score (nSPS) is 34.0. The molecule has 0 heteroatoms. The van der Waals surface area contributed by atoms with Crippen LogP contribution in [0.25, 0.3) is 0 Å². The molecule has 0 radical (unpaired) electrons. The summed E-state index contributed by atoms with van der Waals surface area (Å²) in [5.41, 5.74) is 0. The Morgan fingerprint density at radius 2 is 1.23 bits per heavy atom. The van der Waals surface area contributed by atoms with Crippen LogP contribution in [-0.4, -0.2) is 0 Å². The molecule has 0 aromatic carbocycles. The summed E-state index contributed by atoms with van der Waals surface area (Å²) in [5, 5.41) is 0. The maximum Gasteiger partial charge on any atom is 0.0203 e. The minimum Gasteiger partial charge on any atom is -0.0996 e. The van der Waals surface area contributed by atoms with Gasteiger partial charge in [-0.25, -0.2) is 0 Å². The Morgan fingerprint density at radius 1 is 0.727 bits per heavy atom. The van der Waals surface area contributed by atoms with Crippen LogP contribution in [0, 0.1) is 47.3 Å². The predicted molar refractivity (Wildman–Crippen MR) is 97.6 cm³/mol. The summed E-state index contributed by atoms with van der Waals surface area (Å²) in [5.74, 6) is 12.5. The standard InChI is InChI=1S/C22H38/c1-17(2)5-8-19(4)22-15-13-21(14-16-22)12-11-20-9-6-18(3)7-10-20/h17-22H,5-10,13-16H2,1-4H3. The van der Waals surface area contributed by atoms with Crippen molar-refractivity contribution in [2.45, 2.75) is 91.9 Å². The van der Waals surface area contributed by atoms with Crippen molar-refractivity contribution in [3.05, 3.63) is 0 Å². The lowest BCUT2D eigenvalue weighted by Crippen LogP contribution is -2.20. The first-order chi connectivity index (χ1) is 10.5. The van der Waals surface area contributed by atoms with Crippen molar-refractivity contribution in [2.75, 3.05) is 0 Å². The molecule has 2 fully saturated rings. The highest BCUT2D eigenvalue weighted by Crippen LogP contribution is 2.35. The topological polar surface area (TPSA) is 0 Å². The molecule has 0 nitrogen and oxygen atoms in total. The third kappa shape index (κ3) is 5.98. The molecule has 2 saturated carbocycles. The van der Waals surface area contributed by atoms with Crippen molar-refractivity contribution in [3.63, 3.8) is 0 Å². The van der Waals surface area contributed by atoms with Gasteiger partial charge in [-0.05, 0) is 75.0 Å². The van der Waals surface area contributed by atoms with E-state index in [1.807, 2.05) is 0 Å². The van der Waals surface area contributed by atoms with Crippen molar-refractivity contribution in [2.24, 2.45) is 35.5 Å². The van der Waals surface area contributed by atoms with Gasteiger partial charge in [0, 0.05) is 11.8 Å². The highest BCUT2D eigenvalue weighted by atomic mass is 14.3. The predicted octanol–water partition coefficient (Wildman–Crippen LogP) is 6.69. The number of hydrogen-bond donors (Lipinski definition) is 0. The first kappa shape index (κ1) is 17.9. The van der Waals surface area contributed by atoms with Crippen LogP contribution in [0.3, 0.4) is 0 Å². The summed E-state index contributed by atoms with van der Waals surface area (Å²) in [7, 11) is 0. The van der Waals surface area contributed by atoms with E-state index in [1.54, 1.807) is 0 Å². The molecule has 0 heterocycles. The van der Waals surface area contributed by atoms with Crippen LogP contribution >= 0.6 is 0 Å². The fourth-order valence-electron chi connectivity index (χ4n) is 4.30. The van der Waals surface area contributed by atoms with Gasteiger partial charge in [0.1, 0.15) is 0 Å². The van der Waals surface area contributed by atoms with Gasteiger partial charge in [-0.15, -0.1) is 0 Å². The van der Waals surface area contributed by atoms with Gasteiger partial charge in [0.05, 0.1) is 0 Å². The largest absolute Gasteiger partial charge is 0.0996 e. The lowest BCUT2D eigenvalue weighted by Gasteiger charge is -2.31. The average Bonchev–Trinajstić information content (AvgIpc) is 2.52. The second-order valence-electron chi connectivity index (χ2n) is 8.81. The summed E-state index contributed by atoms with van der Waals surface area (Å²) in [6.45, 7) is 9.59. The molecule has 1 unspecified atom stereocenters. The number of hydrogen-bond acceptors (Lipinski definition) is 0. The molecule has 22 heavy (non-hydrogen) atoms. The highest BCUT2D eigenvalue weighted by Gasteiger charge is 2.24. The first-order valence-corrected chi connectivity index (χ1v) is 10.1. The minimum absolute atomic E-state index is 0.716. The molecule has 0 saturated heterocycles. The molecule has 2 aliphatic carbocycles. The molecule has 126 valence electrons. The van der Waals surface area contributed by atoms with Gasteiger partial charge in [0.15, 0.2) is 0 Å². The maximum atomic E-state index is 3.67. The van der Waals surface area contributed by atoms with Gasteiger partial charge in [-0.3, -0.25) is 0 Å². The number of rotatable bonds is 4. The molecule has 0 bridgehead atoms. The molecule has 0 aliphatic heterocycles. The summed E-state index contributed by atoms with van der Waals surface area (Å²) >= 11 is 0. The van der Waals surface area contributed by atoms with E-state index < -0.39 is 0 Å². The second-order valence-corrected chi connectivity index (χ2v) is 8.81. The van der Waals surface area contributed by atoms with Crippen molar-refractivity contribution in [1.29, 1.82) is 0 Å². The van der Waals surface area contributed by atoms with E-state index in [9.17, 15) is 0 Å². The minimum atomic E-state index is 0.716. The van der Waals surface area contributed by atoms with Crippen molar-refractivity contribution < 1.29 is 0 Å². The molecule has 2 aliphatic rings. The van der Waals surface area contributed by atoms with Gasteiger partial charge in [-0.2, -0.15) is 0 Å². The zero-order valence-corrected chi connectivity index (χ0v) is 15.5. The second kappa shape index (κ2) is 9.00. The monoisotopic (exact) mass is 302 g/mol. The first-order valence-electron chi connectivity index (χ1n) is 10.1. The Kier molecular flexibility index (Phi) is 7.33. The van der Waals surface area contributed by atoms with Gasteiger partial charge in [0.25, 0.3) is 0 Å². The Hall–Kier alpha value is -0.440. The molecular weight excluding hydrogens is 264 g/mol. The van der Waals surface area contributed by atoms with E-state index in [0.29, 0.717) is 5.92 Å². The van der Waals surface area contributed by atoms with Crippen molar-refractivity contribution in [1.82, 2.24) is 0 Å². The Morgan fingerprint density at radius 3 is 1.73 bits per heavy atom. The summed E-state index contributed by atoms with van der Waals surface area (Å²) < 4.78 is 0. The lowest BCUT2D eigenvalue weighted by molar-refractivity contribution is 0.222. The molecule has 0 N–H and O–H groups in total. The quantitative estimate of drug-likeness (QED) is 0.507. The maximum absolute atomic E-state index is 3.67. The van der Waals surface area contributed by atoms with Gasteiger partial charge in [-0.1, -0.05) is 52.4 Å². The zero-order chi connectivity index (χ0) is 15.9. The molecule has 0 amide bonds. The van der Waals surface area contributed by atoms with E-state index in [2.05, 4.69) is 39.5 Å². The van der Waals surface area contributed by atoms with E-state index in [1.165, 1.54) is 64.2 Å². The molecule has 2 rings (SSSR count). The van der Waals surface area contributed by atoms with E-state index in [0.717, 1.165) is 29.6 Å². The SMILES string of the molecule is CC(C)CCC(C)C1CCC(C#CC2CCC(C)CC2)CC1. The van der Waals surface area contributed by atoms with Crippen LogP contribution < -0.4 is 0 Å². The van der Waals surface area contributed by atoms with Crippen LogP contribution in [0.5, 0.6) is 0 Å². The van der Waals surface area contributed by atoms with E-state index >= 15 is 0 Å². The lowest BCUT2D eigenvalue weighted by atomic mass is 9.74. The fraction of sp³-hybridized carbons (Fsp3) is 0.909. The van der Waals surface area contributed by atoms with E-state index in [4.69, 9.17) is 0 Å². The molecule has 0 aromatic heterocycles. The Balaban J connectivity index is 1.69. The Labute approximate surface area is 139 Å². The van der Waals surface area contributed by atoms with Crippen LogP contribution in [-0.2, 0) is 0 Å². The molecule has 1 atom stereocenters. The average molecular weight is 303 g/mol. The van der Waals surface area contributed by atoms with Gasteiger partial charge >= 0.3 is 0 Å². The van der Waals surface area contributed by atoms with Gasteiger partial charge in [0.2, 0.25) is 0 Å². The summed E-state index contributed by atoms with van der Waals surface area (Å²) in [4.78, 5) is 0. The highest BCUT2D eigenvalue weighted by molar-refractivity contribution is 5.09. The zero-order valence-electron chi connectivity index (χ0n) is 15.5. The Bertz CT molecular complexity index is 353. The molecule has 0 spiro atoms. The van der Waals surface area contributed by atoms with Crippen LogP contribution in [0.2, 0.25) is 0 Å². The van der Waals surface area contributed by atoms with Crippen LogP contribution in [0.15, 0.2) is 0 Å². The molecule has 0 aromatic rings. The summed E-state index contributed by atoms with van der Waals surface area (Å²) in [6, 6.07) is 0.